The number of carbonyl (C=O) groups is 1. The molecule has 4 aliphatic heterocycles. The third-order valence-corrected chi connectivity index (χ3v) is 18.0. The van der Waals surface area contributed by atoms with E-state index < -0.39 is 76.0 Å². The zero-order valence-electron chi connectivity index (χ0n) is 37.1. The molecule has 15 nitrogen and oxygen atoms in total. The van der Waals surface area contributed by atoms with Crippen LogP contribution in [0.4, 0.5) is 0 Å². The molecule has 16 heteroatoms. The number of cyclic esters (lactones) is 1. The van der Waals surface area contributed by atoms with Gasteiger partial charge in [0.05, 0.1) is 67.3 Å². The van der Waals surface area contributed by atoms with Gasteiger partial charge in [-0.15, -0.1) is 0 Å². The Kier molecular flexibility index (Phi) is 13.5. The number of hydrogen-bond acceptors (Lipinski definition) is 15. The summed E-state index contributed by atoms with van der Waals surface area (Å²) in [5.41, 5.74) is -0.889. The molecule has 0 spiro atoms. The molecule has 6 unspecified atom stereocenters. The lowest BCUT2D eigenvalue weighted by Crippen LogP contribution is -2.67. The van der Waals surface area contributed by atoms with Gasteiger partial charge in [-0.2, -0.15) is 0 Å². The van der Waals surface area contributed by atoms with E-state index >= 15 is 0 Å². The monoisotopic (exact) mass is 883 g/mol. The summed E-state index contributed by atoms with van der Waals surface area (Å²) >= 11 is 0. The van der Waals surface area contributed by atoms with Crippen molar-refractivity contribution in [2.75, 3.05) is 51.5 Å². The summed E-state index contributed by atoms with van der Waals surface area (Å²) < 4.78 is 66.5. The molecule has 19 atom stereocenters. The summed E-state index contributed by atoms with van der Waals surface area (Å²) in [5, 5.41) is 47.4. The van der Waals surface area contributed by atoms with Crippen LogP contribution in [0.25, 0.3) is 0 Å². The predicted octanol–water partition coefficient (Wildman–Crippen LogP) is 2.74. The first kappa shape index (κ1) is 46.3. The molecular weight excluding hydrogens is 811 g/mol. The maximum Gasteiger partial charge on any atom is 0.331 e. The Balaban J connectivity index is 0.814. The van der Waals surface area contributed by atoms with E-state index in [1.54, 1.807) is 6.08 Å². The van der Waals surface area contributed by atoms with Gasteiger partial charge in [0, 0.05) is 56.1 Å². The van der Waals surface area contributed by atoms with E-state index in [0.717, 1.165) is 44.1 Å². The number of aliphatic hydroxyl groups excluding tert-OH is 3. The molecule has 4 N–H and O–H groups in total. The normalized spacial score (nSPS) is 49.6. The van der Waals surface area contributed by atoms with Crippen molar-refractivity contribution in [3.8, 4) is 0 Å². The van der Waals surface area contributed by atoms with E-state index in [0.29, 0.717) is 44.8 Å². The summed E-state index contributed by atoms with van der Waals surface area (Å²) in [5.74, 6) is -0.114. The van der Waals surface area contributed by atoms with Crippen molar-refractivity contribution in [2.24, 2.45) is 40.4 Å². The largest absolute Gasteiger partial charge is 0.458 e. The van der Waals surface area contributed by atoms with Crippen LogP contribution in [0.3, 0.4) is 0 Å². The summed E-state index contributed by atoms with van der Waals surface area (Å²) in [6.45, 7) is 12.4. The number of carbonyl (C=O) groups excluding carboxylic acids is 1. The van der Waals surface area contributed by atoms with Crippen molar-refractivity contribution in [1.29, 1.82) is 0 Å². The van der Waals surface area contributed by atoms with Gasteiger partial charge in [0.15, 0.2) is 12.6 Å². The smallest absolute Gasteiger partial charge is 0.331 e. The van der Waals surface area contributed by atoms with Crippen molar-refractivity contribution >= 4 is 15.8 Å². The van der Waals surface area contributed by atoms with Crippen LogP contribution in [0, 0.1) is 40.4 Å². The SMILES string of the molecule is CC1CN(CCS(C)(=O)=O)CCC(O[C@@H]2[C@H](C)OCC(CO[C@@H]3[C@H](C)O[C@@H](O[C@H]4CC[C@@]5(C)C(CCC6C5C[C@H](O)[C@]5(C)[C@@H](C7=CC(=O)OC7)CC[C@]65O)C4)C[C@@H]3O)[C@@H]2O)O1. The number of rotatable bonds is 11. The molecule has 4 aliphatic carbocycles. The summed E-state index contributed by atoms with van der Waals surface area (Å²) in [7, 11) is -3.08. The van der Waals surface area contributed by atoms with E-state index in [2.05, 4.69) is 11.8 Å². The molecule has 0 aromatic carbocycles. The molecule has 0 radical (unpaired) electrons. The minimum Gasteiger partial charge on any atom is -0.458 e. The third kappa shape index (κ3) is 9.02. The fourth-order valence-electron chi connectivity index (χ4n) is 13.5. The van der Waals surface area contributed by atoms with Crippen LogP contribution in [0.5, 0.6) is 0 Å². The number of nitrogens with zero attached hydrogens (tertiary/aromatic N) is 1. The maximum absolute atomic E-state index is 12.6. The summed E-state index contributed by atoms with van der Waals surface area (Å²) in [6, 6.07) is 0. The fraction of sp³-hybridized carbons (Fsp3) is 0.933. The molecule has 0 aromatic heterocycles. The van der Waals surface area contributed by atoms with Crippen LogP contribution < -0.4 is 0 Å². The summed E-state index contributed by atoms with van der Waals surface area (Å²) in [4.78, 5) is 14.0. The van der Waals surface area contributed by atoms with E-state index in [4.69, 9.17) is 33.2 Å². The maximum atomic E-state index is 12.6. The first-order valence-corrected chi connectivity index (χ1v) is 25.2. The van der Waals surface area contributed by atoms with Crippen LogP contribution in [-0.2, 0) is 47.8 Å². The highest BCUT2D eigenvalue weighted by Gasteiger charge is 2.71. The molecule has 0 bridgehead atoms. The third-order valence-electron chi connectivity index (χ3n) is 17.0. The van der Waals surface area contributed by atoms with Crippen LogP contribution >= 0.6 is 0 Å². The lowest BCUT2D eigenvalue weighted by molar-refractivity contribution is -0.286. The van der Waals surface area contributed by atoms with Gasteiger partial charge in [0.2, 0.25) is 0 Å². The van der Waals surface area contributed by atoms with E-state index in [1.165, 1.54) is 6.26 Å². The first-order chi connectivity index (χ1) is 28.8. The van der Waals surface area contributed by atoms with Crippen molar-refractivity contribution < 1.29 is 66.8 Å². The second kappa shape index (κ2) is 17.8. The Hall–Kier alpha value is -1.28. The van der Waals surface area contributed by atoms with Gasteiger partial charge in [0.1, 0.15) is 28.7 Å². The number of esters is 1. The predicted molar refractivity (Wildman–Crippen MR) is 222 cm³/mol. The number of sulfone groups is 1. The Labute approximate surface area is 362 Å². The highest BCUT2D eigenvalue weighted by molar-refractivity contribution is 7.90. The van der Waals surface area contributed by atoms with Gasteiger partial charge in [-0.3, -0.25) is 4.90 Å². The molecule has 4 heterocycles. The molecule has 4 saturated carbocycles. The molecular formula is C45H73NO14S. The van der Waals surface area contributed by atoms with Crippen LogP contribution in [0.1, 0.15) is 98.8 Å². The molecule has 348 valence electrons. The van der Waals surface area contributed by atoms with Crippen LogP contribution in [-0.4, -0.2) is 164 Å². The molecule has 3 saturated heterocycles. The second-order valence-corrected chi connectivity index (χ2v) is 23.0. The quantitative estimate of drug-likeness (QED) is 0.174. The zero-order chi connectivity index (χ0) is 43.6. The van der Waals surface area contributed by atoms with E-state index in [1.807, 2.05) is 27.7 Å². The highest BCUT2D eigenvalue weighted by Crippen LogP contribution is 2.70. The standard InChI is InChI=1S/C45H73NO14S/c1-25-21-46(15-16-61(6,52)53)14-11-38(57-25)60-42-26(2)54-23-29(40(42)50)24-56-41-27(3)58-39(20-35(41)47)59-31-9-12-43(4)30(18-31)7-8-33-34(43)19-36(48)44(5)32(10-13-45(33,44)51)28-17-37(49)55-22-28/h17,25-27,29-36,38-42,47-48,50-51H,7-16,18-24H2,1-6H3/t25?,26-,27-,29?,30?,31-,32+,33?,34?,35-,36-,38?,39-,40-,41+,42+,43-,44-,45-/m0/s1. The van der Waals surface area contributed by atoms with E-state index in [-0.39, 0.29) is 79.4 Å². The Morgan fingerprint density at radius 3 is 2.41 bits per heavy atom. The number of aliphatic hydroxyl groups is 4. The van der Waals surface area contributed by atoms with Crippen LogP contribution in [0.15, 0.2) is 11.6 Å². The number of hydrogen-bond donors (Lipinski definition) is 4. The van der Waals surface area contributed by atoms with Crippen molar-refractivity contribution in [1.82, 2.24) is 4.90 Å². The minimum absolute atomic E-state index is 0.0366. The Morgan fingerprint density at radius 1 is 0.902 bits per heavy atom. The summed E-state index contributed by atoms with van der Waals surface area (Å²) in [6.07, 6.45) is 4.10. The van der Waals surface area contributed by atoms with Gasteiger partial charge >= 0.3 is 5.97 Å². The minimum atomic E-state index is -3.08. The van der Waals surface area contributed by atoms with Gasteiger partial charge in [-0.25, -0.2) is 13.2 Å². The average Bonchev–Trinajstić information content (AvgIpc) is 3.68. The second-order valence-electron chi connectivity index (χ2n) is 20.8. The Bertz CT molecular complexity index is 1700. The molecule has 8 aliphatic rings. The topological polar surface area (TPSA) is 200 Å². The van der Waals surface area contributed by atoms with Gasteiger partial charge < -0.3 is 53.6 Å². The van der Waals surface area contributed by atoms with Crippen molar-refractivity contribution in [2.45, 2.75) is 172 Å². The molecule has 8 rings (SSSR count). The fourth-order valence-corrected chi connectivity index (χ4v) is 14.1. The van der Waals surface area contributed by atoms with Crippen molar-refractivity contribution in [3.63, 3.8) is 0 Å². The van der Waals surface area contributed by atoms with Crippen LogP contribution in [0.2, 0.25) is 0 Å². The highest BCUT2D eigenvalue weighted by atomic mass is 32.2. The molecule has 0 amide bonds. The molecule has 0 aromatic rings. The lowest BCUT2D eigenvalue weighted by atomic mass is 9.42. The van der Waals surface area contributed by atoms with Crippen molar-refractivity contribution in [3.05, 3.63) is 11.6 Å². The van der Waals surface area contributed by atoms with Gasteiger partial charge in [-0.1, -0.05) is 13.8 Å². The number of fused-ring (bicyclic) bond motifs is 5. The Morgan fingerprint density at radius 2 is 1.69 bits per heavy atom. The van der Waals surface area contributed by atoms with Gasteiger partial charge in [0.25, 0.3) is 0 Å². The van der Waals surface area contributed by atoms with Gasteiger partial charge in [-0.05, 0) is 107 Å². The zero-order valence-corrected chi connectivity index (χ0v) is 37.9. The lowest BCUT2D eigenvalue weighted by Gasteiger charge is -2.65. The average molecular weight is 884 g/mol. The first-order valence-electron chi connectivity index (χ1n) is 23.2. The molecule has 7 fully saturated rings. The van der Waals surface area contributed by atoms with E-state index in [9.17, 15) is 33.6 Å². The number of ether oxygens (including phenoxy) is 7. The molecule has 61 heavy (non-hydrogen) atoms.